The van der Waals surface area contributed by atoms with Gasteiger partial charge in [-0.1, -0.05) is 47.1 Å². The summed E-state index contributed by atoms with van der Waals surface area (Å²) in [6, 6.07) is 11.1. The van der Waals surface area contributed by atoms with Crippen LogP contribution in [0, 0.1) is 5.82 Å². The summed E-state index contributed by atoms with van der Waals surface area (Å²) in [5.74, 6) is 0.582. The van der Waals surface area contributed by atoms with E-state index in [2.05, 4.69) is 14.9 Å². The summed E-state index contributed by atoms with van der Waals surface area (Å²) >= 11 is 13.7. The molecule has 11 heteroatoms. The molecule has 3 aromatic rings. The van der Waals surface area contributed by atoms with E-state index in [1.54, 1.807) is 34.9 Å². The second-order valence-corrected chi connectivity index (χ2v) is 9.46. The highest BCUT2D eigenvalue weighted by Gasteiger charge is 2.18. The third kappa shape index (κ3) is 5.45. The Morgan fingerprint density at radius 3 is 2.50 bits per heavy atom. The fourth-order valence-corrected chi connectivity index (χ4v) is 4.14. The van der Waals surface area contributed by atoms with Crippen molar-refractivity contribution in [3.63, 3.8) is 0 Å². The van der Waals surface area contributed by atoms with Gasteiger partial charge in [0.05, 0.1) is 23.5 Å². The summed E-state index contributed by atoms with van der Waals surface area (Å²) in [6.07, 6.45) is 1.06. The third-order valence-electron chi connectivity index (χ3n) is 3.62. The van der Waals surface area contributed by atoms with Crippen molar-refractivity contribution in [2.45, 2.75) is 17.5 Å². The standard InChI is InChI=1S/C17H15Cl2FN4O2S2/c1-28(25,26)21-9-16-22-23-17(27-10-11-2-5-13(20)6-3-11)24(16)15-7-4-12(18)8-14(15)19/h2-8,21H,9-10H2,1H3. The SMILES string of the molecule is CS(=O)(=O)NCc1nnc(SCc2ccc(F)cc2)n1-c1ccc(Cl)cc1Cl. The summed E-state index contributed by atoms with van der Waals surface area (Å²) in [4.78, 5) is 0. The Balaban J connectivity index is 1.94. The van der Waals surface area contributed by atoms with Gasteiger partial charge in [0.1, 0.15) is 5.82 Å². The summed E-state index contributed by atoms with van der Waals surface area (Å²) in [5, 5.41) is 9.62. The molecule has 6 nitrogen and oxygen atoms in total. The molecule has 0 aliphatic rings. The molecule has 2 aromatic carbocycles. The minimum atomic E-state index is -3.42. The molecule has 0 aliphatic heterocycles. The van der Waals surface area contributed by atoms with E-state index in [-0.39, 0.29) is 12.4 Å². The van der Waals surface area contributed by atoms with Crippen LogP contribution in [0.3, 0.4) is 0 Å². The molecule has 0 spiro atoms. The van der Waals surface area contributed by atoms with E-state index in [1.165, 1.54) is 23.9 Å². The van der Waals surface area contributed by atoms with Gasteiger partial charge in [0.2, 0.25) is 10.0 Å². The minimum absolute atomic E-state index is 0.0537. The fraction of sp³-hybridized carbons (Fsp3) is 0.176. The van der Waals surface area contributed by atoms with Gasteiger partial charge in [-0.15, -0.1) is 10.2 Å². The molecule has 0 fully saturated rings. The van der Waals surface area contributed by atoms with Crippen LogP contribution >= 0.6 is 35.0 Å². The third-order valence-corrected chi connectivity index (χ3v) is 5.83. The van der Waals surface area contributed by atoms with Gasteiger partial charge in [-0.25, -0.2) is 17.5 Å². The molecule has 148 valence electrons. The first-order chi connectivity index (χ1) is 13.2. The van der Waals surface area contributed by atoms with Crippen LogP contribution in [-0.2, 0) is 22.3 Å². The van der Waals surface area contributed by atoms with Crippen molar-refractivity contribution < 1.29 is 12.8 Å². The lowest BCUT2D eigenvalue weighted by Crippen LogP contribution is -2.23. The smallest absolute Gasteiger partial charge is 0.209 e. The van der Waals surface area contributed by atoms with Crippen LogP contribution in [0.2, 0.25) is 10.0 Å². The van der Waals surface area contributed by atoms with E-state index < -0.39 is 10.0 Å². The van der Waals surface area contributed by atoms with E-state index in [1.807, 2.05) is 0 Å². The topological polar surface area (TPSA) is 76.9 Å². The first-order valence-corrected chi connectivity index (χ1v) is 11.6. The normalized spacial score (nSPS) is 11.7. The Morgan fingerprint density at radius 2 is 1.86 bits per heavy atom. The van der Waals surface area contributed by atoms with Crippen LogP contribution in [0.25, 0.3) is 5.69 Å². The van der Waals surface area contributed by atoms with Crippen molar-refractivity contribution in [3.05, 3.63) is 69.7 Å². The molecule has 0 bridgehead atoms. The molecular formula is C17H15Cl2FN4O2S2. The molecule has 0 saturated heterocycles. The molecule has 1 N–H and O–H groups in total. The number of hydrogen-bond donors (Lipinski definition) is 1. The van der Waals surface area contributed by atoms with Gasteiger partial charge < -0.3 is 0 Å². The molecular weight excluding hydrogens is 446 g/mol. The van der Waals surface area contributed by atoms with Crippen molar-refractivity contribution in [1.82, 2.24) is 19.5 Å². The number of halogens is 3. The Bertz CT molecular complexity index is 1090. The van der Waals surface area contributed by atoms with E-state index in [0.29, 0.717) is 32.5 Å². The lowest BCUT2D eigenvalue weighted by Gasteiger charge is -2.12. The van der Waals surface area contributed by atoms with Crippen LogP contribution < -0.4 is 4.72 Å². The summed E-state index contributed by atoms with van der Waals surface area (Å²) in [5.41, 5.74) is 1.47. The maximum absolute atomic E-state index is 13.1. The quantitative estimate of drug-likeness (QED) is 0.538. The van der Waals surface area contributed by atoms with Crippen LogP contribution in [0.4, 0.5) is 4.39 Å². The highest BCUT2D eigenvalue weighted by Crippen LogP contribution is 2.30. The van der Waals surface area contributed by atoms with Crippen molar-refractivity contribution in [3.8, 4) is 5.69 Å². The number of sulfonamides is 1. The predicted molar refractivity (Wildman–Crippen MR) is 109 cm³/mol. The Morgan fingerprint density at radius 1 is 1.14 bits per heavy atom. The van der Waals surface area contributed by atoms with Crippen LogP contribution in [0.15, 0.2) is 47.6 Å². The summed E-state index contributed by atoms with van der Waals surface area (Å²) < 4.78 is 40.1. The molecule has 0 atom stereocenters. The molecule has 1 heterocycles. The van der Waals surface area contributed by atoms with E-state index >= 15 is 0 Å². The lowest BCUT2D eigenvalue weighted by atomic mass is 10.2. The van der Waals surface area contributed by atoms with Crippen molar-refractivity contribution >= 4 is 45.0 Å². The Kier molecular flexibility index (Phi) is 6.61. The van der Waals surface area contributed by atoms with E-state index in [9.17, 15) is 12.8 Å². The molecule has 0 unspecified atom stereocenters. The second kappa shape index (κ2) is 8.79. The van der Waals surface area contributed by atoms with Crippen molar-refractivity contribution in [2.75, 3.05) is 6.26 Å². The highest BCUT2D eigenvalue weighted by molar-refractivity contribution is 7.98. The average molecular weight is 461 g/mol. The molecule has 1 aromatic heterocycles. The zero-order valence-corrected chi connectivity index (χ0v) is 17.7. The van der Waals surface area contributed by atoms with Crippen LogP contribution in [-0.4, -0.2) is 29.4 Å². The largest absolute Gasteiger partial charge is 0.271 e. The van der Waals surface area contributed by atoms with Crippen LogP contribution in [0.1, 0.15) is 11.4 Å². The fourth-order valence-electron chi connectivity index (χ4n) is 2.34. The zero-order valence-electron chi connectivity index (χ0n) is 14.6. The van der Waals surface area contributed by atoms with Crippen molar-refractivity contribution in [1.29, 1.82) is 0 Å². The summed E-state index contributed by atoms with van der Waals surface area (Å²) in [6.45, 7) is -0.0537. The number of aromatic nitrogens is 3. The van der Waals surface area contributed by atoms with Gasteiger partial charge in [0.15, 0.2) is 11.0 Å². The number of nitrogens with one attached hydrogen (secondary N) is 1. The van der Waals surface area contributed by atoms with E-state index in [4.69, 9.17) is 23.2 Å². The van der Waals surface area contributed by atoms with Gasteiger partial charge in [0, 0.05) is 10.8 Å². The minimum Gasteiger partial charge on any atom is -0.271 e. The lowest BCUT2D eigenvalue weighted by molar-refractivity contribution is 0.584. The first-order valence-electron chi connectivity index (χ1n) is 7.94. The maximum atomic E-state index is 13.1. The number of rotatable bonds is 7. The Labute approximate surface area is 176 Å². The number of benzene rings is 2. The zero-order chi connectivity index (χ0) is 20.3. The van der Waals surface area contributed by atoms with Gasteiger partial charge in [-0.05, 0) is 35.9 Å². The van der Waals surface area contributed by atoms with Gasteiger partial charge in [0.25, 0.3) is 0 Å². The Hall–Kier alpha value is -1.65. The van der Waals surface area contributed by atoms with Crippen molar-refractivity contribution in [2.24, 2.45) is 0 Å². The molecule has 0 aliphatic carbocycles. The number of hydrogen-bond acceptors (Lipinski definition) is 5. The maximum Gasteiger partial charge on any atom is 0.209 e. The number of thioether (sulfide) groups is 1. The number of nitrogens with zero attached hydrogens (tertiary/aromatic N) is 3. The monoisotopic (exact) mass is 460 g/mol. The molecule has 0 saturated carbocycles. The molecule has 0 amide bonds. The highest BCUT2D eigenvalue weighted by atomic mass is 35.5. The van der Waals surface area contributed by atoms with Crippen LogP contribution in [0.5, 0.6) is 0 Å². The molecule has 3 rings (SSSR count). The predicted octanol–water partition coefficient (Wildman–Crippen LogP) is 4.05. The molecule has 0 radical (unpaired) electrons. The van der Waals surface area contributed by atoms with Gasteiger partial charge in [-0.2, -0.15) is 0 Å². The van der Waals surface area contributed by atoms with Gasteiger partial charge >= 0.3 is 0 Å². The first kappa shape index (κ1) is 21.1. The average Bonchev–Trinajstić information content (AvgIpc) is 3.02. The van der Waals surface area contributed by atoms with E-state index in [0.717, 1.165) is 11.8 Å². The van der Waals surface area contributed by atoms with Gasteiger partial charge in [-0.3, -0.25) is 4.57 Å². The summed E-state index contributed by atoms with van der Waals surface area (Å²) in [7, 11) is -3.42. The second-order valence-electron chi connectivity index (χ2n) is 5.84. The molecule has 28 heavy (non-hydrogen) atoms.